The van der Waals surface area contributed by atoms with Crippen molar-refractivity contribution >= 4 is 11.6 Å². The fourth-order valence-corrected chi connectivity index (χ4v) is 3.08. The Morgan fingerprint density at radius 2 is 2.11 bits per heavy atom. The van der Waals surface area contributed by atoms with E-state index >= 15 is 0 Å². The largest absolute Gasteiger partial charge is 0.389 e. The first kappa shape index (κ1) is 13.8. The lowest BCUT2D eigenvalue weighted by Gasteiger charge is -2.41. The molecule has 1 nitrogen and oxygen atoms in total. The summed E-state index contributed by atoms with van der Waals surface area (Å²) in [5, 5.41) is 10.9. The van der Waals surface area contributed by atoms with E-state index in [0.29, 0.717) is 12.3 Å². The standard InChI is InChI=1S/C15H20ClFO/c1-10-3-4-11(2)15(18,8-10)9-12-5-6-13(16)14(17)7-12/h5-7,10-11,18H,3-4,8-9H2,1-2H3. The zero-order valence-electron chi connectivity index (χ0n) is 10.9. The fraction of sp³-hybridized carbons (Fsp3) is 0.600. The van der Waals surface area contributed by atoms with Gasteiger partial charge in [0.15, 0.2) is 0 Å². The number of hydrogen-bond donors (Lipinski definition) is 1. The summed E-state index contributed by atoms with van der Waals surface area (Å²) in [6.07, 6.45) is 3.50. The molecule has 0 bridgehead atoms. The number of aliphatic hydroxyl groups is 1. The average molecular weight is 271 g/mol. The van der Waals surface area contributed by atoms with Crippen LogP contribution < -0.4 is 0 Å². The van der Waals surface area contributed by atoms with Crippen LogP contribution in [0.4, 0.5) is 4.39 Å². The van der Waals surface area contributed by atoms with E-state index in [1.807, 2.05) is 0 Å². The zero-order chi connectivity index (χ0) is 13.3. The van der Waals surface area contributed by atoms with Gasteiger partial charge in [0.1, 0.15) is 5.82 Å². The summed E-state index contributed by atoms with van der Waals surface area (Å²) in [6, 6.07) is 4.80. The van der Waals surface area contributed by atoms with Gasteiger partial charge >= 0.3 is 0 Å². The molecule has 0 amide bonds. The van der Waals surface area contributed by atoms with E-state index in [9.17, 15) is 9.50 Å². The first-order valence-corrected chi connectivity index (χ1v) is 6.95. The molecular weight excluding hydrogens is 251 g/mol. The van der Waals surface area contributed by atoms with Gasteiger partial charge in [0.2, 0.25) is 0 Å². The lowest BCUT2D eigenvalue weighted by atomic mass is 9.69. The SMILES string of the molecule is CC1CCC(C)C(O)(Cc2ccc(Cl)c(F)c2)C1. The maximum absolute atomic E-state index is 13.4. The first-order valence-electron chi connectivity index (χ1n) is 6.57. The van der Waals surface area contributed by atoms with Crippen molar-refractivity contribution in [3.63, 3.8) is 0 Å². The maximum atomic E-state index is 13.4. The lowest BCUT2D eigenvalue weighted by molar-refractivity contribution is -0.0560. The molecule has 1 N–H and O–H groups in total. The minimum absolute atomic E-state index is 0.135. The molecule has 0 saturated heterocycles. The molecule has 1 aromatic carbocycles. The molecule has 1 saturated carbocycles. The van der Waals surface area contributed by atoms with E-state index in [1.54, 1.807) is 12.1 Å². The van der Waals surface area contributed by atoms with Gasteiger partial charge in [-0.05, 0) is 42.4 Å². The molecule has 0 heterocycles. The quantitative estimate of drug-likeness (QED) is 0.854. The molecule has 0 aromatic heterocycles. The van der Waals surface area contributed by atoms with Gasteiger partial charge in [-0.3, -0.25) is 0 Å². The molecule has 1 aliphatic carbocycles. The first-order chi connectivity index (χ1) is 8.40. The van der Waals surface area contributed by atoms with Gasteiger partial charge in [-0.2, -0.15) is 0 Å². The Kier molecular flexibility index (Phi) is 3.98. The number of rotatable bonds is 2. The summed E-state index contributed by atoms with van der Waals surface area (Å²) in [4.78, 5) is 0. The molecule has 3 unspecified atom stereocenters. The maximum Gasteiger partial charge on any atom is 0.142 e. The summed E-state index contributed by atoms with van der Waals surface area (Å²) >= 11 is 5.67. The second-order valence-corrected chi connectivity index (χ2v) is 6.22. The molecule has 1 aromatic rings. The minimum atomic E-state index is -0.710. The van der Waals surface area contributed by atoms with E-state index in [4.69, 9.17) is 11.6 Å². The highest BCUT2D eigenvalue weighted by molar-refractivity contribution is 6.30. The average Bonchev–Trinajstić information content (AvgIpc) is 2.29. The Morgan fingerprint density at radius 3 is 2.78 bits per heavy atom. The summed E-state index contributed by atoms with van der Waals surface area (Å²) < 4.78 is 13.4. The van der Waals surface area contributed by atoms with Gasteiger partial charge in [0.05, 0.1) is 10.6 Å². The van der Waals surface area contributed by atoms with Crippen molar-refractivity contribution in [2.24, 2.45) is 11.8 Å². The molecule has 0 spiro atoms. The number of hydrogen-bond acceptors (Lipinski definition) is 1. The second kappa shape index (κ2) is 5.18. The summed E-state index contributed by atoms with van der Waals surface area (Å²) in [5.74, 6) is 0.380. The van der Waals surface area contributed by atoms with Gasteiger partial charge in [-0.1, -0.05) is 37.9 Å². The smallest absolute Gasteiger partial charge is 0.142 e. The van der Waals surface area contributed by atoms with Crippen LogP contribution in [0.25, 0.3) is 0 Å². The van der Waals surface area contributed by atoms with Crippen LogP contribution in [0, 0.1) is 17.7 Å². The Labute approximate surface area is 113 Å². The highest BCUT2D eigenvalue weighted by Gasteiger charge is 2.38. The zero-order valence-corrected chi connectivity index (χ0v) is 11.7. The van der Waals surface area contributed by atoms with Crippen molar-refractivity contribution in [2.45, 2.75) is 45.1 Å². The third kappa shape index (κ3) is 2.86. The van der Waals surface area contributed by atoms with Crippen LogP contribution in [0.3, 0.4) is 0 Å². The van der Waals surface area contributed by atoms with Crippen LogP contribution >= 0.6 is 11.6 Å². The van der Waals surface area contributed by atoms with Gasteiger partial charge in [0.25, 0.3) is 0 Å². The topological polar surface area (TPSA) is 20.2 Å². The van der Waals surface area contributed by atoms with Crippen LogP contribution in [-0.4, -0.2) is 10.7 Å². The van der Waals surface area contributed by atoms with Crippen molar-refractivity contribution in [3.05, 3.63) is 34.6 Å². The van der Waals surface area contributed by atoms with Gasteiger partial charge in [-0.15, -0.1) is 0 Å². The van der Waals surface area contributed by atoms with Crippen LogP contribution in [-0.2, 0) is 6.42 Å². The Morgan fingerprint density at radius 1 is 1.39 bits per heavy atom. The predicted octanol–water partition coefficient (Wildman–Crippen LogP) is 4.21. The van der Waals surface area contributed by atoms with Crippen LogP contribution in [0.2, 0.25) is 5.02 Å². The van der Waals surface area contributed by atoms with Crippen molar-refractivity contribution in [1.82, 2.24) is 0 Å². The van der Waals surface area contributed by atoms with Gasteiger partial charge in [-0.25, -0.2) is 4.39 Å². The van der Waals surface area contributed by atoms with Crippen LogP contribution in [0.15, 0.2) is 18.2 Å². The highest BCUT2D eigenvalue weighted by atomic mass is 35.5. The molecule has 3 heteroatoms. The Bertz CT molecular complexity index is 435. The highest BCUT2D eigenvalue weighted by Crippen LogP contribution is 2.39. The van der Waals surface area contributed by atoms with Gasteiger partial charge in [0, 0.05) is 6.42 Å². The van der Waals surface area contributed by atoms with Crippen LogP contribution in [0.1, 0.15) is 38.7 Å². The minimum Gasteiger partial charge on any atom is -0.389 e. The van der Waals surface area contributed by atoms with E-state index in [0.717, 1.165) is 18.4 Å². The third-order valence-electron chi connectivity index (χ3n) is 4.21. The Hall–Kier alpha value is -0.600. The molecule has 0 radical (unpaired) electrons. The number of halogens is 2. The third-order valence-corrected chi connectivity index (χ3v) is 4.51. The van der Waals surface area contributed by atoms with Gasteiger partial charge < -0.3 is 5.11 Å². The van der Waals surface area contributed by atoms with E-state index in [-0.39, 0.29) is 10.9 Å². The lowest BCUT2D eigenvalue weighted by Crippen LogP contribution is -2.43. The summed E-state index contributed by atoms with van der Waals surface area (Å²) in [6.45, 7) is 4.25. The van der Waals surface area contributed by atoms with E-state index in [2.05, 4.69) is 13.8 Å². The second-order valence-electron chi connectivity index (χ2n) is 5.82. The molecule has 1 aliphatic rings. The van der Waals surface area contributed by atoms with Crippen molar-refractivity contribution < 1.29 is 9.50 Å². The fourth-order valence-electron chi connectivity index (χ4n) is 2.96. The molecular formula is C15H20ClFO. The molecule has 18 heavy (non-hydrogen) atoms. The molecule has 100 valence electrons. The summed E-state index contributed by atoms with van der Waals surface area (Å²) in [7, 11) is 0. The summed E-state index contributed by atoms with van der Waals surface area (Å²) in [5.41, 5.74) is 0.109. The molecule has 3 atom stereocenters. The van der Waals surface area contributed by atoms with E-state index in [1.165, 1.54) is 12.5 Å². The number of benzene rings is 1. The van der Waals surface area contributed by atoms with Crippen molar-refractivity contribution in [3.8, 4) is 0 Å². The van der Waals surface area contributed by atoms with Crippen molar-refractivity contribution in [2.75, 3.05) is 0 Å². The predicted molar refractivity (Wildman–Crippen MR) is 72.2 cm³/mol. The molecule has 0 aliphatic heterocycles. The molecule has 1 fully saturated rings. The monoisotopic (exact) mass is 270 g/mol. The Balaban J connectivity index is 2.17. The van der Waals surface area contributed by atoms with Crippen LogP contribution in [0.5, 0.6) is 0 Å². The van der Waals surface area contributed by atoms with E-state index < -0.39 is 11.4 Å². The normalized spacial score (nSPS) is 32.5. The van der Waals surface area contributed by atoms with Crippen molar-refractivity contribution in [1.29, 1.82) is 0 Å². The molecule has 2 rings (SSSR count).